The number of aromatic nitrogens is 1. The Labute approximate surface area is 83.7 Å². The van der Waals surface area contributed by atoms with E-state index in [-0.39, 0.29) is 0 Å². The fourth-order valence-electron chi connectivity index (χ4n) is 1.07. The first-order valence-electron chi connectivity index (χ1n) is 3.73. The monoisotopic (exact) mass is 238 g/mol. The highest BCUT2D eigenvalue weighted by atomic mass is 79.9. The van der Waals surface area contributed by atoms with E-state index >= 15 is 0 Å². The van der Waals surface area contributed by atoms with Gasteiger partial charge < -0.3 is 10.3 Å². The lowest BCUT2D eigenvalue weighted by Crippen LogP contribution is -1.83. The molecule has 0 aliphatic rings. The molecular weight excluding hydrogens is 232 g/mol. The zero-order valence-corrected chi connectivity index (χ0v) is 8.28. The van der Waals surface area contributed by atoms with Crippen molar-refractivity contribution >= 4 is 21.6 Å². The Bertz CT molecular complexity index is 408. The van der Waals surface area contributed by atoms with E-state index < -0.39 is 0 Å². The molecule has 0 aliphatic carbocycles. The summed E-state index contributed by atoms with van der Waals surface area (Å²) in [6.45, 7) is 0. The van der Waals surface area contributed by atoms with Crippen molar-refractivity contribution in [3.8, 4) is 11.3 Å². The van der Waals surface area contributed by atoms with Crippen LogP contribution in [0.1, 0.15) is 0 Å². The van der Waals surface area contributed by atoms with E-state index in [4.69, 9.17) is 10.3 Å². The molecule has 0 amide bonds. The molecule has 66 valence electrons. The van der Waals surface area contributed by atoms with Crippen LogP contribution in [0.25, 0.3) is 11.3 Å². The highest BCUT2D eigenvalue weighted by molar-refractivity contribution is 9.10. The van der Waals surface area contributed by atoms with Crippen LogP contribution in [0.5, 0.6) is 0 Å². The maximum atomic E-state index is 5.64. The Balaban J connectivity index is 2.47. The summed E-state index contributed by atoms with van der Waals surface area (Å²) in [5, 5.41) is 3.61. The fraction of sp³-hybridized carbons (Fsp3) is 0. The van der Waals surface area contributed by atoms with Crippen LogP contribution in [0, 0.1) is 0 Å². The van der Waals surface area contributed by atoms with Crippen LogP contribution in [-0.4, -0.2) is 5.16 Å². The Kier molecular flexibility index (Phi) is 2.06. The van der Waals surface area contributed by atoms with Crippen molar-refractivity contribution in [2.75, 3.05) is 5.73 Å². The van der Waals surface area contributed by atoms with Crippen molar-refractivity contribution in [3.63, 3.8) is 0 Å². The maximum absolute atomic E-state index is 5.64. The quantitative estimate of drug-likeness (QED) is 0.832. The topological polar surface area (TPSA) is 52.0 Å². The molecule has 0 bridgehead atoms. The first kappa shape index (κ1) is 8.31. The number of nitrogens with two attached hydrogens (primary N) is 1. The summed E-state index contributed by atoms with van der Waals surface area (Å²) < 4.78 is 6.02. The smallest absolute Gasteiger partial charge is 0.189 e. The maximum Gasteiger partial charge on any atom is 0.189 e. The average Bonchev–Trinajstić information content (AvgIpc) is 2.53. The Morgan fingerprint density at radius 3 is 2.46 bits per heavy atom. The molecule has 0 fully saturated rings. The third-order valence-electron chi connectivity index (χ3n) is 1.70. The average molecular weight is 239 g/mol. The van der Waals surface area contributed by atoms with E-state index in [1.165, 1.54) is 6.20 Å². The lowest BCUT2D eigenvalue weighted by atomic mass is 10.1. The van der Waals surface area contributed by atoms with Crippen molar-refractivity contribution < 1.29 is 4.52 Å². The van der Waals surface area contributed by atoms with Crippen molar-refractivity contribution in [1.29, 1.82) is 0 Å². The van der Waals surface area contributed by atoms with E-state index in [0.29, 0.717) is 11.4 Å². The minimum Gasteiger partial charge on any atom is -0.394 e. The van der Waals surface area contributed by atoms with Gasteiger partial charge in [-0.15, -0.1) is 0 Å². The largest absolute Gasteiger partial charge is 0.394 e. The first-order chi connectivity index (χ1) is 6.27. The second kappa shape index (κ2) is 3.22. The van der Waals surface area contributed by atoms with Gasteiger partial charge in [-0.3, -0.25) is 0 Å². The number of halogens is 1. The predicted octanol–water partition coefficient (Wildman–Crippen LogP) is 2.69. The Hall–Kier alpha value is -1.29. The van der Waals surface area contributed by atoms with Gasteiger partial charge in [0.05, 0.1) is 6.20 Å². The van der Waals surface area contributed by atoms with E-state index in [9.17, 15) is 0 Å². The molecule has 0 saturated carbocycles. The lowest BCUT2D eigenvalue weighted by molar-refractivity contribution is 0.432. The molecule has 1 aromatic heterocycles. The number of benzene rings is 1. The number of anilines is 1. The number of nitrogens with zero attached hydrogens (tertiary/aromatic N) is 1. The molecule has 2 rings (SSSR count). The van der Waals surface area contributed by atoms with Crippen molar-refractivity contribution in [2.24, 2.45) is 0 Å². The van der Waals surface area contributed by atoms with Crippen LogP contribution in [0.2, 0.25) is 0 Å². The summed E-state index contributed by atoms with van der Waals surface area (Å²) in [6.07, 6.45) is 1.50. The summed E-state index contributed by atoms with van der Waals surface area (Å²) in [4.78, 5) is 0. The molecule has 0 unspecified atom stereocenters. The molecule has 0 saturated heterocycles. The van der Waals surface area contributed by atoms with E-state index in [1.54, 1.807) is 0 Å². The third-order valence-corrected chi connectivity index (χ3v) is 2.23. The lowest BCUT2D eigenvalue weighted by Gasteiger charge is -1.96. The van der Waals surface area contributed by atoms with Crippen LogP contribution in [0.4, 0.5) is 5.69 Å². The summed E-state index contributed by atoms with van der Waals surface area (Å²) in [5.41, 5.74) is 7.13. The second-order valence-electron chi connectivity index (χ2n) is 2.62. The van der Waals surface area contributed by atoms with Gasteiger partial charge >= 0.3 is 0 Å². The zero-order chi connectivity index (χ0) is 9.26. The minimum atomic E-state index is 0.558. The molecule has 4 heteroatoms. The second-order valence-corrected chi connectivity index (χ2v) is 3.53. The summed E-state index contributed by atoms with van der Waals surface area (Å²) in [6, 6.07) is 7.69. The van der Waals surface area contributed by atoms with Crippen molar-refractivity contribution in [1.82, 2.24) is 5.16 Å². The normalized spacial score (nSPS) is 10.2. The Morgan fingerprint density at radius 1 is 1.23 bits per heavy atom. The van der Waals surface area contributed by atoms with Crippen LogP contribution < -0.4 is 5.73 Å². The van der Waals surface area contributed by atoms with Gasteiger partial charge in [0, 0.05) is 10.0 Å². The van der Waals surface area contributed by atoms with Crippen LogP contribution in [-0.2, 0) is 0 Å². The number of hydrogen-bond acceptors (Lipinski definition) is 3. The standard InChI is InChI=1S/C9H7BrN2O/c10-7-3-1-6(2-4-7)9-8(11)5-12-13-9/h1-5H,11H2. The van der Waals surface area contributed by atoms with Crippen molar-refractivity contribution in [3.05, 3.63) is 34.9 Å². The van der Waals surface area contributed by atoms with Gasteiger partial charge in [-0.25, -0.2) is 0 Å². The minimum absolute atomic E-state index is 0.558. The fourth-order valence-corrected chi connectivity index (χ4v) is 1.33. The van der Waals surface area contributed by atoms with Gasteiger partial charge in [0.25, 0.3) is 0 Å². The molecule has 1 aromatic carbocycles. The van der Waals surface area contributed by atoms with E-state index in [2.05, 4.69) is 21.1 Å². The van der Waals surface area contributed by atoms with Gasteiger partial charge in [0.1, 0.15) is 5.69 Å². The molecule has 3 nitrogen and oxygen atoms in total. The predicted molar refractivity (Wildman–Crippen MR) is 54.1 cm³/mol. The van der Waals surface area contributed by atoms with Gasteiger partial charge in [0.2, 0.25) is 0 Å². The number of rotatable bonds is 1. The Morgan fingerprint density at radius 2 is 1.92 bits per heavy atom. The van der Waals surface area contributed by atoms with Crippen LogP contribution in [0.15, 0.2) is 39.5 Å². The zero-order valence-electron chi connectivity index (χ0n) is 6.70. The number of nitrogen functional groups attached to an aromatic ring is 1. The summed E-state index contributed by atoms with van der Waals surface area (Å²) in [7, 11) is 0. The summed E-state index contributed by atoms with van der Waals surface area (Å²) in [5.74, 6) is 0.618. The van der Waals surface area contributed by atoms with Crippen LogP contribution in [0.3, 0.4) is 0 Å². The molecule has 13 heavy (non-hydrogen) atoms. The molecular formula is C9H7BrN2O. The molecule has 1 heterocycles. The first-order valence-corrected chi connectivity index (χ1v) is 4.53. The highest BCUT2D eigenvalue weighted by Crippen LogP contribution is 2.26. The third kappa shape index (κ3) is 1.58. The summed E-state index contributed by atoms with van der Waals surface area (Å²) >= 11 is 3.35. The van der Waals surface area contributed by atoms with Gasteiger partial charge in [0.15, 0.2) is 5.76 Å². The van der Waals surface area contributed by atoms with Gasteiger partial charge in [-0.05, 0) is 24.3 Å². The molecule has 0 radical (unpaired) electrons. The van der Waals surface area contributed by atoms with Gasteiger partial charge in [-0.2, -0.15) is 0 Å². The molecule has 0 aliphatic heterocycles. The van der Waals surface area contributed by atoms with Crippen LogP contribution >= 0.6 is 15.9 Å². The molecule has 0 spiro atoms. The highest BCUT2D eigenvalue weighted by Gasteiger charge is 2.06. The number of hydrogen-bond donors (Lipinski definition) is 1. The van der Waals surface area contributed by atoms with Gasteiger partial charge in [-0.1, -0.05) is 21.1 Å². The molecule has 0 atom stereocenters. The SMILES string of the molecule is Nc1cnoc1-c1ccc(Br)cc1. The van der Waals surface area contributed by atoms with E-state index in [1.807, 2.05) is 24.3 Å². The molecule has 2 N–H and O–H groups in total. The van der Waals surface area contributed by atoms with E-state index in [0.717, 1.165) is 10.0 Å². The van der Waals surface area contributed by atoms with Crippen molar-refractivity contribution in [2.45, 2.75) is 0 Å². The molecule has 2 aromatic rings.